The number of nitrogens with zero attached hydrogens (tertiary/aromatic N) is 1. The predicted octanol–water partition coefficient (Wildman–Crippen LogP) is 3.95. The van der Waals surface area contributed by atoms with E-state index in [0.717, 1.165) is 30.4 Å². The summed E-state index contributed by atoms with van der Waals surface area (Å²) in [6.45, 7) is 6.02. The molecule has 0 N–H and O–H groups in total. The van der Waals surface area contributed by atoms with Crippen molar-refractivity contribution in [2.24, 2.45) is 22.7 Å². The zero-order valence-electron chi connectivity index (χ0n) is 16.3. The van der Waals surface area contributed by atoms with E-state index >= 15 is 0 Å². The smallest absolute Gasteiger partial charge is 0.319 e. The fourth-order valence-electron chi connectivity index (χ4n) is 6.65. The summed E-state index contributed by atoms with van der Waals surface area (Å²) in [4.78, 5) is 25.8. The third-order valence-electron chi connectivity index (χ3n) is 8.01. The highest BCUT2D eigenvalue weighted by atomic mass is 16.5. The average Bonchev–Trinajstić information content (AvgIpc) is 3.14. The first-order chi connectivity index (χ1) is 12.8. The second kappa shape index (κ2) is 5.95. The quantitative estimate of drug-likeness (QED) is 0.582. The molecule has 0 aliphatic heterocycles. The molecule has 5 heteroatoms. The Hall–Kier alpha value is -2.09. The maximum atomic E-state index is 12.9. The van der Waals surface area contributed by atoms with Gasteiger partial charge in [0.1, 0.15) is 11.2 Å². The summed E-state index contributed by atoms with van der Waals surface area (Å²) in [5.74, 6) is -0.381. The van der Waals surface area contributed by atoms with Crippen LogP contribution in [0.2, 0.25) is 0 Å². The molecule has 3 aliphatic rings. The minimum absolute atomic E-state index is 0.00677. The van der Waals surface area contributed by atoms with E-state index in [4.69, 9.17) is 9.15 Å². The number of esters is 1. The number of fused-ring (bicyclic) bond motifs is 5. The normalized spacial score (nSPS) is 40.3. The molecule has 27 heavy (non-hydrogen) atoms. The lowest BCUT2D eigenvalue weighted by Gasteiger charge is -2.61. The molecule has 2 saturated carbocycles. The van der Waals surface area contributed by atoms with Crippen molar-refractivity contribution in [2.45, 2.75) is 64.7 Å². The molecule has 5 atom stereocenters. The van der Waals surface area contributed by atoms with Gasteiger partial charge in [0.15, 0.2) is 0 Å². The van der Waals surface area contributed by atoms with Crippen molar-refractivity contribution in [2.75, 3.05) is 6.61 Å². The number of carbonyl (C=O) groups excluding carboxylic acids is 2. The van der Waals surface area contributed by atoms with Crippen LogP contribution >= 0.6 is 0 Å². The summed E-state index contributed by atoms with van der Waals surface area (Å²) in [5, 5.41) is 10.3. The Morgan fingerprint density at radius 2 is 2.04 bits per heavy atom. The Balaban J connectivity index is 1.82. The molecule has 0 radical (unpaired) electrons. The highest BCUT2D eigenvalue weighted by molar-refractivity contribution is 6.04. The highest BCUT2D eigenvalue weighted by Gasteiger charge is 2.67. The van der Waals surface area contributed by atoms with Crippen molar-refractivity contribution < 1.29 is 18.7 Å². The van der Waals surface area contributed by atoms with E-state index in [1.54, 1.807) is 26.4 Å². The summed E-state index contributed by atoms with van der Waals surface area (Å²) in [6, 6.07) is 2.65. The van der Waals surface area contributed by atoms with E-state index in [1.165, 1.54) is 0 Å². The van der Waals surface area contributed by atoms with Gasteiger partial charge in [-0.1, -0.05) is 6.92 Å². The zero-order valence-corrected chi connectivity index (χ0v) is 16.3. The maximum absolute atomic E-state index is 12.9. The predicted molar refractivity (Wildman–Crippen MR) is 97.6 cm³/mol. The van der Waals surface area contributed by atoms with Gasteiger partial charge in [-0.05, 0) is 68.8 Å². The van der Waals surface area contributed by atoms with Crippen LogP contribution in [0.3, 0.4) is 0 Å². The van der Waals surface area contributed by atoms with Crippen molar-refractivity contribution in [3.8, 4) is 6.07 Å². The monoisotopic (exact) mass is 369 g/mol. The van der Waals surface area contributed by atoms with Crippen molar-refractivity contribution >= 4 is 11.8 Å². The van der Waals surface area contributed by atoms with Gasteiger partial charge in [-0.3, -0.25) is 9.59 Å². The van der Waals surface area contributed by atoms with Crippen LogP contribution in [0.5, 0.6) is 0 Å². The van der Waals surface area contributed by atoms with E-state index in [2.05, 4.69) is 13.0 Å². The average molecular weight is 369 g/mol. The van der Waals surface area contributed by atoms with Crippen LogP contribution in [0, 0.1) is 34.0 Å². The number of hydrogen-bond acceptors (Lipinski definition) is 5. The van der Waals surface area contributed by atoms with Crippen LogP contribution in [-0.4, -0.2) is 18.4 Å². The van der Waals surface area contributed by atoms with Gasteiger partial charge in [0, 0.05) is 12.0 Å². The van der Waals surface area contributed by atoms with E-state index in [9.17, 15) is 14.9 Å². The first kappa shape index (κ1) is 18.3. The van der Waals surface area contributed by atoms with Gasteiger partial charge in [-0.15, -0.1) is 0 Å². The fourth-order valence-corrected chi connectivity index (χ4v) is 6.65. The lowest BCUT2D eigenvalue weighted by molar-refractivity contribution is -0.180. The minimum atomic E-state index is -1.11. The van der Waals surface area contributed by atoms with Gasteiger partial charge in [0.2, 0.25) is 0 Å². The largest absolute Gasteiger partial charge is 0.472 e. The molecule has 1 heterocycles. The molecule has 144 valence electrons. The molecule has 3 aliphatic carbocycles. The molecule has 2 fully saturated rings. The summed E-state index contributed by atoms with van der Waals surface area (Å²) in [6.07, 6.45) is 7.71. The van der Waals surface area contributed by atoms with E-state index in [1.807, 2.05) is 0 Å². The van der Waals surface area contributed by atoms with Crippen molar-refractivity contribution in [3.05, 3.63) is 23.7 Å². The molecule has 0 bridgehead atoms. The van der Waals surface area contributed by atoms with Gasteiger partial charge < -0.3 is 9.15 Å². The van der Waals surface area contributed by atoms with Crippen molar-refractivity contribution in [3.63, 3.8) is 0 Å². The van der Waals surface area contributed by atoms with Gasteiger partial charge in [-0.2, -0.15) is 5.26 Å². The van der Waals surface area contributed by atoms with E-state index < -0.39 is 16.8 Å². The standard InChI is InChI=1S/C22H27NO4/c1-4-27-19(25)21(3)16-7-10-22(13-23)15-12-26-11-14(15)5-6-17(22)20(16,2)9-8-18(21)24/h11-12,16-17H,4-10H2,1-3H3/t16-,17-,20+,21-,22-/m1/s1. The number of aryl methyl sites for hydroxylation is 1. The summed E-state index contributed by atoms with van der Waals surface area (Å²) in [5.41, 5.74) is 0.215. The Morgan fingerprint density at radius 1 is 1.26 bits per heavy atom. The molecule has 0 amide bonds. The first-order valence-corrected chi connectivity index (χ1v) is 10.0. The van der Waals surface area contributed by atoms with E-state index in [-0.39, 0.29) is 29.6 Å². The fraction of sp³-hybridized carbons (Fsp3) is 0.682. The van der Waals surface area contributed by atoms with Crippen LogP contribution in [-0.2, 0) is 26.2 Å². The molecular formula is C22H27NO4. The Morgan fingerprint density at radius 3 is 2.74 bits per heavy atom. The highest BCUT2D eigenvalue weighted by Crippen LogP contribution is 2.66. The lowest BCUT2D eigenvalue weighted by atomic mass is 9.40. The van der Waals surface area contributed by atoms with Crippen molar-refractivity contribution in [1.82, 2.24) is 0 Å². The number of ketones is 1. The topological polar surface area (TPSA) is 80.3 Å². The van der Waals surface area contributed by atoms with Gasteiger partial charge in [0.25, 0.3) is 0 Å². The van der Waals surface area contributed by atoms with Crippen LogP contribution in [0.1, 0.15) is 64.0 Å². The molecular weight excluding hydrogens is 342 g/mol. The number of carbonyl (C=O) groups is 2. The lowest BCUT2D eigenvalue weighted by Crippen LogP contribution is -2.62. The molecule has 0 spiro atoms. The Kier molecular flexibility index (Phi) is 4.03. The van der Waals surface area contributed by atoms with Crippen LogP contribution in [0.25, 0.3) is 0 Å². The molecule has 0 aromatic carbocycles. The summed E-state index contributed by atoms with van der Waals surface area (Å²) in [7, 11) is 0. The van der Waals surface area contributed by atoms with Crippen LogP contribution in [0.4, 0.5) is 0 Å². The molecule has 4 rings (SSSR count). The minimum Gasteiger partial charge on any atom is -0.472 e. The van der Waals surface area contributed by atoms with Crippen molar-refractivity contribution in [1.29, 1.82) is 5.26 Å². The van der Waals surface area contributed by atoms with E-state index in [0.29, 0.717) is 19.3 Å². The first-order valence-electron chi connectivity index (χ1n) is 10.0. The number of furan rings is 1. The van der Waals surface area contributed by atoms with Gasteiger partial charge >= 0.3 is 5.97 Å². The number of ether oxygens (including phenoxy) is 1. The molecule has 0 saturated heterocycles. The number of nitriles is 1. The molecule has 1 aromatic rings. The second-order valence-corrected chi connectivity index (χ2v) is 8.93. The second-order valence-electron chi connectivity index (χ2n) is 8.93. The SMILES string of the molecule is CCOC(=O)[C@@]1(C)C(=O)CC[C@]2(C)[C@H]3CCc4cocc4[C@]3(C#N)CC[C@@H]12. The number of rotatable bonds is 2. The van der Waals surface area contributed by atoms with Gasteiger partial charge in [-0.25, -0.2) is 0 Å². The molecule has 0 unspecified atom stereocenters. The van der Waals surface area contributed by atoms with Gasteiger partial charge in [0.05, 0.1) is 30.6 Å². The zero-order chi connectivity index (χ0) is 19.4. The van der Waals surface area contributed by atoms with Crippen LogP contribution < -0.4 is 0 Å². The third kappa shape index (κ3) is 2.16. The Labute approximate surface area is 160 Å². The third-order valence-corrected chi connectivity index (χ3v) is 8.01. The Bertz CT molecular complexity index is 836. The molecule has 1 aromatic heterocycles. The maximum Gasteiger partial charge on any atom is 0.319 e. The number of hydrogen-bond donors (Lipinski definition) is 0. The summed E-state index contributed by atoms with van der Waals surface area (Å²) >= 11 is 0. The molecule has 5 nitrogen and oxygen atoms in total. The summed E-state index contributed by atoms with van der Waals surface area (Å²) < 4.78 is 10.8. The van der Waals surface area contributed by atoms with Crippen LogP contribution in [0.15, 0.2) is 16.9 Å². The number of Topliss-reactive ketones (excluding diaryl/α,β-unsaturated/α-hetero) is 1.